The minimum atomic E-state index is 0.0268. The van der Waals surface area contributed by atoms with Gasteiger partial charge in [-0.25, -0.2) is 0 Å². The Morgan fingerprint density at radius 1 is 1.30 bits per heavy atom. The maximum atomic E-state index is 5.49. The molecule has 2 aliphatic heterocycles. The second kappa shape index (κ2) is 2.53. The molecule has 10 heavy (non-hydrogen) atoms. The third-order valence-corrected chi connectivity index (χ3v) is 1.97. The Labute approximate surface area is 60.8 Å². The minimum Gasteiger partial charge on any atom is -0.403 e. The Morgan fingerprint density at radius 2 is 1.90 bits per heavy atom. The van der Waals surface area contributed by atoms with Crippen LogP contribution in [0.5, 0.6) is 0 Å². The van der Waals surface area contributed by atoms with Crippen molar-refractivity contribution in [2.75, 3.05) is 13.2 Å². The third kappa shape index (κ3) is 0.963. The smallest absolute Gasteiger partial charge is 0.403 e. The van der Waals surface area contributed by atoms with E-state index in [2.05, 4.69) is 6.92 Å². The van der Waals surface area contributed by atoms with E-state index in [1.54, 1.807) is 0 Å². The first-order chi connectivity index (χ1) is 4.90. The molecule has 0 spiro atoms. The van der Waals surface area contributed by atoms with E-state index < -0.39 is 0 Å². The second-order valence-corrected chi connectivity index (χ2v) is 2.72. The van der Waals surface area contributed by atoms with Crippen LogP contribution in [0.15, 0.2) is 0 Å². The average molecular weight is 142 g/mol. The predicted molar refractivity (Wildman–Crippen MR) is 36.8 cm³/mol. The topological polar surface area (TPSA) is 27.7 Å². The van der Waals surface area contributed by atoms with E-state index in [4.69, 9.17) is 14.0 Å². The summed E-state index contributed by atoms with van der Waals surface area (Å²) in [4.78, 5) is 0. The lowest BCUT2D eigenvalue weighted by Gasteiger charge is -2.02. The highest BCUT2D eigenvalue weighted by Gasteiger charge is 2.41. The van der Waals surface area contributed by atoms with Gasteiger partial charge in [0.1, 0.15) is 0 Å². The molecule has 2 fully saturated rings. The summed E-state index contributed by atoms with van der Waals surface area (Å²) in [5, 5.41) is 0. The summed E-state index contributed by atoms with van der Waals surface area (Å²) in [6.07, 6.45) is 1.36. The molecule has 0 radical (unpaired) electrons. The molecule has 0 aromatic rings. The zero-order chi connectivity index (χ0) is 6.97. The van der Waals surface area contributed by atoms with Gasteiger partial charge in [0.05, 0.1) is 25.4 Å². The molecule has 3 nitrogen and oxygen atoms in total. The van der Waals surface area contributed by atoms with Gasteiger partial charge in [0.25, 0.3) is 0 Å². The van der Waals surface area contributed by atoms with Gasteiger partial charge in [-0.1, -0.05) is 6.92 Å². The van der Waals surface area contributed by atoms with Crippen molar-refractivity contribution in [1.29, 1.82) is 0 Å². The molecule has 4 heteroatoms. The average Bonchev–Trinajstić information content (AvgIpc) is 2.42. The van der Waals surface area contributed by atoms with Crippen LogP contribution in [0.4, 0.5) is 0 Å². The summed E-state index contributed by atoms with van der Waals surface area (Å²) in [5.74, 6) is 0. The molecule has 2 heterocycles. The quantitative estimate of drug-likeness (QED) is 0.493. The summed E-state index contributed by atoms with van der Waals surface area (Å²) in [6.45, 7) is 3.48. The number of ether oxygens (including phenoxy) is 1. The van der Waals surface area contributed by atoms with E-state index in [0.29, 0.717) is 13.2 Å². The second-order valence-electron chi connectivity index (χ2n) is 2.72. The van der Waals surface area contributed by atoms with Crippen LogP contribution in [0.2, 0.25) is 6.32 Å². The third-order valence-electron chi connectivity index (χ3n) is 1.97. The molecule has 0 aromatic heterocycles. The standard InChI is InChI=1S/C6H11BO3/c1-2-7-9-5-3-8-4-6(5)10-7/h5-6H,2-4H2,1H3/t5-,6+. The summed E-state index contributed by atoms with van der Waals surface area (Å²) in [5.41, 5.74) is 0. The first-order valence-corrected chi connectivity index (χ1v) is 3.79. The lowest BCUT2D eigenvalue weighted by molar-refractivity contribution is 0.127. The van der Waals surface area contributed by atoms with Crippen LogP contribution in [0, 0.1) is 0 Å². The van der Waals surface area contributed by atoms with Crippen molar-refractivity contribution in [1.82, 2.24) is 0 Å². The molecule has 0 N–H and O–H groups in total. The van der Waals surface area contributed by atoms with E-state index in [1.165, 1.54) is 0 Å². The highest BCUT2D eigenvalue weighted by Crippen LogP contribution is 2.23. The Kier molecular flexibility index (Phi) is 1.68. The molecule has 2 aliphatic rings. The lowest BCUT2D eigenvalue weighted by atomic mass is 9.87. The van der Waals surface area contributed by atoms with Crippen molar-refractivity contribution in [3.8, 4) is 0 Å². The van der Waals surface area contributed by atoms with Gasteiger partial charge in [-0.05, 0) is 6.32 Å². The van der Waals surface area contributed by atoms with Crippen LogP contribution >= 0.6 is 0 Å². The predicted octanol–water partition coefficient (Wildman–Crippen LogP) is 0.309. The van der Waals surface area contributed by atoms with E-state index in [1.807, 2.05) is 0 Å². The SMILES string of the molecule is CCB1O[C@H]2COC[C@H]2O1. The maximum Gasteiger partial charge on any atom is 0.457 e. The molecule has 0 unspecified atom stereocenters. The molecule has 56 valence electrons. The number of rotatable bonds is 1. The summed E-state index contributed by atoms with van der Waals surface area (Å²) >= 11 is 0. The molecule has 2 rings (SSSR count). The molecule has 2 atom stereocenters. The van der Waals surface area contributed by atoms with E-state index in [9.17, 15) is 0 Å². The molecular weight excluding hydrogens is 131 g/mol. The Balaban J connectivity index is 1.94. The van der Waals surface area contributed by atoms with Crippen LogP contribution in [0.1, 0.15) is 6.92 Å². The Bertz CT molecular complexity index is 118. The summed E-state index contributed by atoms with van der Waals surface area (Å²) < 4.78 is 16.1. The van der Waals surface area contributed by atoms with E-state index in [-0.39, 0.29) is 19.3 Å². The molecule has 2 saturated heterocycles. The number of fused-ring (bicyclic) bond motifs is 1. The first-order valence-electron chi connectivity index (χ1n) is 3.79. The van der Waals surface area contributed by atoms with Gasteiger partial charge in [0.2, 0.25) is 0 Å². The summed E-state index contributed by atoms with van der Waals surface area (Å²) in [7, 11) is 0.0268. The van der Waals surface area contributed by atoms with Gasteiger partial charge in [-0.15, -0.1) is 0 Å². The number of hydrogen-bond acceptors (Lipinski definition) is 3. The van der Waals surface area contributed by atoms with Crippen molar-refractivity contribution in [3.63, 3.8) is 0 Å². The zero-order valence-corrected chi connectivity index (χ0v) is 6.08. The lowest BCUT2D eigenvalue weighted by Crippen LogP contribution is -2.18. The van der Waals surface area contributed by atoms with Gasteiger partial charge >= 0.3 is 7.12 Å². The van der Waals surface area contributed by atoms with Gasteiger partial charge in [-0.3, -0.25) is 0 Å². The highest BCUT2D eigenvalue weighted by atomic mass is 16.7. The van der Waals surface area contributed by atoms with Crippen molar-refractivity contribution in [2.45, 2.75) is 25.5 Å². The minimum absolute atomic E-state index is 0.0268. The fourth-order valence-corrected chi connectivity index (χ4v) is 1.38. The largest absolute Gasteiger partial charge is 0.457 e. The fraction of sp³-hybridized carbons (Fsp3) is 1.00. The van der Waals surface area contributed by atoms with Crippen LogP contribution in [0.3, 0.4) is 0 Å². The Hall–Kier alpha value is -0.0551. The number of hydrogen-bond donors (Lipinski definition) is 0. The van der Waals surface area contributed by atoms with Gasteiger partial charge < -0.3 is 14.0 Å². The molecule has 0 bridgehead atoms. The van der Waals surface area contributed by atoms with E-state index >= 15 is 0 Å². The molecule has 0 aromatic carbocycles. The van der Waals surface area contributed by atoms with E-state index in [0.717, 1.165) is 6.32 Å². The van der Waals surface area contributed by atoms with Gasteiger partial charge in [-0.2, -0.15) is 0 Å². The fourth-order valence-electron chi connectivity index (χ4n) is 1.38. The van der Waals surface area contributed by atoms with Crippen LogP contribution in [-0.4, -0.2) is 32.5 Å². The first kappa shape index (κ1) is 6.64. The van der Waals surface area contributed by atoms with Crippen LogP contribution in [-0.2, 0) is 14.0 Å². The van der Waals surface area contributed by atoms with Gasteiger partial charge in [0, 0.05) is 0 Å². The van der Waals surface area contributed by atoms with Crippen molar-refractivity contribution in [3.05, 3.63) is 0 Å². The van der Waals surface area contributed by atoms with Crippen molar-refractivity contribution in [2.24, 2.45) is 0 Å². The van der Waals surface area contributed by atoms with Crippen LogP contribution < -0.4 is 0 Å². The van der Waals surface area contributed by atoms with Crippen LogP contribution in [0.25, 0.3) is 0 Å². The van der Waals surface area contributed by atoms with Crippen molar-refractivity contribution >= 4 is 7.12 Å². The monoisotopic (exact) mass is 142 g/mol. The Morgan fingerprint density at radius 3 is 2.40 bits per heavy atom. The highest BCUT2D eigenvalue weighted by molar-refractivity contribution is 6.45. The summed E-state index contributed by atoms with van der Waals surface area (Å²) in [6, 6.07) is 0. The van der Waals surface area contributed by atoms with Gasteiger partial charge in [0.15, 0.2) is 0 Å². The normalized spacial score (nSPS) is 38.7. The molecular formula is C6H11BO3. The maximum absolute atomic E-state index is 5.49. The molecule has 0 saturated carbocycles. The zero-order valence-electron chi connectivity index (χ0n) is 6.08. The molecule has 0 aliphatic carbocycles. The molecule has 0 amide bonds. The van der Waals surface area contributed by atoms with Crippen molar-refractivity contribution < 1.29 is 14.0 Å².